The van der Waals surface area contributed by atoms with E-state index in [4.69, 9.17) is 10.8 Å². The molecule has 0 radical (unpaired) electrons. The van der Waals surface area contributed by atoms with Gasteiger partial charge in [0.2, 0.25) is 0 Å². The molecule has 1 aliphatic rings. The van der Waals surface area contributed by atoms with Crippen molar-refractivity contribution < 1.29 is 14.7 Å². The highest BCUT2D eigenvalue weighted by atomic mass is 32.2. The Balaban J connectivity index is 2.59. The fraction of sp³-hybridized carbons (Fsp3) is 0.500. The Bertz CT molecular complexity index is 251. The maximum absolute atomic E-state index is 11.0. The molecule has 1 amide bonds. The number of hydrogen-bond donors (Lipinski definition) is 2. The van der Waals surface area contributed by atoms with Crippen molar-refractivity contribution in [3.05, 3.63) is 0 Å². The van der Waals surface area contributed by atoms with Gasteiger partial charge in [0.25, 0.3) is 5.91 Å². The molecule has 0 saturated carbocycles. The largest absolute Gasteiger partial charge is 0.481 e. The van der Waals surface area contributed by atoms with Gasteiger partial charge in [-0.25, -0.2) is 0 Å². The number of amidine groups is 1. The Hall–Kier alpha value is -1.04. The van der Waals surface area contributed by atoms with E-state index in [1.54, 1.807) is 0 Å². The molecule has 0 spiro atoms. The SMILES string of the molecule is NC1=NC(=O)[C@@H](CC(=O)O)CS1. The molecule has 1 heterocycles. The number of thioether (sulfide) groups is 1. The molecule has 3 N–H and O–H groups in total. The quantitative estimate of drug-likeness (QED) is 0.618. The standard InChI is InChI=1S/C6H8N2O3S/c7-6-8-5(11)3(2-12-6)1-4(9)10/h3H,1-2H2,(H,9,10)(H2,7,8,11)/t3-/m0/s1. The first-order chi connectivity index (χ1) is 5.59. The van der Waals surface area contributed by atoms with E-state index in [0.717, 1.165) is 0 Å². The van der Waals surface area contributed by atoms with Gasteiger partial charge in [-0.2, -0.15) is 4.99 Å². The van der Waals surface area contributed by atoms with Crippen LogP contribution >= 0.6 is 11.8 Å². The first-order valence-corrected chi connectivity index (χ1v) is 4.30. The zero-order valence-corrected chi connectivity index (χ0v) is 7.00. The smallest absolute Gasteiger partial charge is 0.304 e. The number of hydrogen-bond acceptors (Lipinski definition) is 4. The van der Waals surface area contributed by atoms with E-state index < -0.39 is 17.8 Å². The van der Waals surface area contributed by atoms with Crippen molar-refractivity contribution in [3.8, 4) is 0 Å². The predicted octanol–water partition coefficient (Wildman–Crippen LogP) is -0.335. The van der Waals surface area contributed by atoms with E-state index in [9.17, 15) is 9.59 Å². The van der Waals surface area contributed by atoms with Gasteiger partial charge >= 0.3 is 5.97 Å². The van der Waals surface area contributed by atoms with Crippen LogP contribution in [0.5, 0.6) is 0 Å². The van der Waals surface area contributed by atoms with E-state index in [1.807, 2.05) is 0 Å². The van der Waals surface area contributed by atoms with E-state index in [0.29, 0.717) is 5.75 Å². The fourth-order valence-corrected chi connectivity index (χ4v) is 1.63. The summed E-state index contributed by atoms with van der Waals surface area (Å²) in [7, 11) is 0. The minimum atomic E-state index is -0.982. The average molecular weight is 188 g/mol. The molecule has 0 aliphatic carbocycles. The van der Waals surface area contributed by atoms with Crippen molar-refractivity contribution in [2.24, 2.45) is 16.6 Å². The summed E-state index contributed by atoms with van der Waals surface area (Å²) in [6.07, 6.45) is -0.164. The van der Waals surface area contributed by atoms with E-state index in [1.165, 1.54) is 11.8 Å². The van der Waals surface area contributed by atoms with Gasteiger partial charge in [-0.3, -0.25) is 9.59 Å². The van der Waals surface area contributed by atoms with Gasteiger partial charge in [-0.1, -0.05) is 11.8 Å². The Morgan fingerprint density at radius 1 is 1.83 bits per heavy atom. The lowest BCUT2D eigenvalue weighted by molar-refractivity contribution is -0.140. The third kappa shape index (κ3) is 2.23. The molecule has 0 aromatic rings. The number of aliphatic carboxylic acids is 1. The Morgan fingerprint density at radius 2 is 2.50 bits per heavy atom. The van der Waals surface area contributed by atoms with Gasteiger partial charge in [0, 0.05) is 5.75 Å². The average Bonchev–Trinajstić information content (AvgIpc) is 1.94. The number of carboxylic acids is 1. The maximum Gasteiger partial charge on any atom is 0.304 e. The van der Waals surface area contributed by atoms with Crippen LogP contribution in [-0.4, -0.2) is 27.9 Å². The van der Waals surface area contributed by atoms with Crippen molar-refractivity contribution in [3.63, 3.8) is 0 Å². The summed E-state index contributed by atoms with van der Waals surface area (Å²) in [5, 5.41) is 8.63. The first kappa shape index (κ1) is 9.05. The predicted molar refractivity (Wildman–Crippen MR) is 44.8 cm³/mol. The molecular formula is C6H8N2O3S. The monoisotopic (exact) mass is 188 g/mol. The molecule has 0 unspecified atom stereocenters. The zero-order chi connectivity index (χ0) is 9.14. The number of nitrogens with two attached hydrogens (primary N) is 1. The van der Waals surface area contributed by atoms with Gasteiger partial charge in [-0.15, -0.1) is 0 Å². The van der Waals surface area contributed by atoms with Gasteiger partial charge in [0.05, 0.1) is 12.3 Å². The van der Waals surface area contributed by atoms with Crippen molar-refractivity contribution in [1.82, 2.24) is 0 Å². The summed E-state index contributed by atoms with van der Waals surface area (Å²) in [6.45, 7) is 0. The summed E-state index contributed by atoms with van der Waals surface area (Å²) in [5.41, 5.74) is 5.26. The molecule has 1 rings (SSSR count). The van der Waals surface area contributed by atoms with Crippen LogP contribution in [0.15, 0.2) is 4.99 Å². The normalized spacial score (nSPS) is 23.5. The molecule has 6 heteroatoms. The van der Waals surface area contributed by atoms with Gasteiger partial charge < -0.3 is 10.8 Å². The number of amides is 1. The molecule has 1 atom stereocenters. The van der Waals surface area contributed by atoms with Crippen molar-refractivity contribution >= 4 is 28.8 Å². The number of carboxylic acid groups (broad SMARTS) is 1. The lowest BCUT2D eigenvalue weighted by Gasteiger charge is -2.14. The van der Waals surface area contributed by atoms with Crippen LogP contribution < -0.4 is 5.73 Å². The number of aliphatic imine (C=N–C) groups is 1. The summed E-state index contributed by atoms with van der Waals surface area (Å²) in [5.74, 6) is -1.50. The van der Waals surface area contributed by atoms with E-state index >= 15 is 0 Å². The Kier molecular flexibility index (Phi) is 2.69. The molecule has 12 heavy (non-hydrogen) atoms. The second kappa shape index (κ2) is 3.57. The minimum Gasteiger partial charge on any atom is -0.481 e. The molecule has 0 saturated heterocycles. The highest BCUT2D eigenvalue weighted by Crippen LogP contribution is 2.19. The minimum absolute atomic E-state index is 0.164. The highest BCUT2D eigenvalue weighted by Gasteiger charge is 2.25. The molecule has 0 aromatic carbocycles. The van der Waals surface area contributed by atoms with Crippen LogP contribution in [0.4, 0.5) is 0 Å². The topological polar surface area (TPSA) is 92.8 Å². The summed E-state index contributed by atoms with van der Waals surface area (Å²) in [6, 6.07) is 0. The Morgan fingerprint density at radius 3 is 3.00 bits per heavy atom. The molecule has 1 aliphatic heterocycles. The van der Waals surface area contributed by atoms with Crippen LogP contribution in [0.1, 0.15) is 6.42 Å². The van der Waals surface area contributed by atoms with Gasteiger partial charge in [0.1, 0.15) is 0 Å². The van der Waals surface area contributed by atoms with Crippen molar-refractivity contribution in [2.45, 2.75) is 6.42 Å². The summed E-state index contributed by atoms with van der Waals surface area (Å²) < 4.78 is 0. The second-order valence-corrected chi connectivity index (χ2v) is 3.43. The number of carbonyl (C=O) groups excluding carboxylic acids is 1. The summed E-state index contributed by atoms with van der Waals surface area (Å²) in [4.78, 5) is 24.7. The van der Waals surface area contributed by atoms with Crippen molar-refractivity contribution in [2.75, 3.05) is 5.75 Å². The molecule has 0 fully saturated rings. The maximum atomic E-state index is 11.0. The molecular weight excluding hydrogens is 180 g/mol. The highest BCUT2D eigenvalue weighted by molar-refractivity contribution is 8.13. The third-order valence-electron chi connectivity index (χ3n) is 1.42. The van der Waals surface area contributed by atoms with Crippen LogP contribution in [0.25, 0.3) is 0 Å². The van der Waals surface area contributed by atoms with Gasteiger partial charge in [0.15, 0.2) is 5.17 Å². The first-order valence-electron chi connectivity index (χ1n) is 3.32. The van der Waals surface area contributed by atoms with Crippen molar-refractivity contribution in [1.29, 1.82) is 0 Å². The summed E-state index contributed by atoms with van der Waals surface area (Å²) >= 11 is 1.22. The number of rotatable bonds is 2. The Labute approximate surface area is 73.0 Å². The van der Waals surface area contributed by atoms with Crippen LogP contribution in [-0.2, 0) is 9.59 Å². The zero-order valence-electron chi connectivity index (χ0n) is 6.19. The number of nitrogens with zero attached hydrogens (tertiary/aromatic N) is 1. The lowest BCUT2D eigenvalue weighted by Crippen LogP contribution is -2.27. The van der Waals surface area contributed by atoms with Crippen LogP contribution in [0.3, 0.4) is 0 Å². The van der Waals surface area contributed by atoms with Crippen LogP contribution in [0, 0.1) is 5.92 Å². The second-order valence-electron chi connectivity index (χ2n) is 2.39. The molecule has 5 nitrogen and oxygen atoms in total. The lowest BCUT2D eigenvalue weighted by atomic mass is 10.1. The van der Waals surface area contributed by atoms with E-state index in [2.05, 4.69) is 4.99 Å². The van der Waals surface area contributed by atoms with E-state index in [-0.39, 0.29) is 11.6 Å². The molecule has 0 bridgehead atoms. The fourth-order valence-electron chi connectivity index (χ4n) is 0.846. The van der Waals surface area contributed by atoms with Gasteiger partial charge in [-0.05, 0) is 0 Å². The number of carbonyl (C=O) groups is 2. The molecule has 0 aromatic heterocycles. The van der Waals surface area contributed by atoms with Crippen LogP contribution in [0.2, 0.25) is 0 Å². The molecule has 66 valence electrons. The third-order valence-corrected chi connectivity index (χ3v) is 2.38.